The lowest BCUT2D eigenvalue weighted by Crippen LogP contribution is -2.42. The number of rotatable bonds is 2. The second-order valence-corrected chi connectivity index (χ2v) is 6.49. The molecule has 2 aliphatic rings. The highest BCUT2D eigenvalue weighted by molar-refractivity contribution is 5.94. The molecule has 3 heteroatoms. The number of carbonyl (C=O) groups is 1. The Bertz CT molecular complexity index is 476. The Morgan fingerprint density at radius 3 is 2.48 bits per heavy atom. The topological polar surface area (TPSA) is 32.3 Å². The van der Waals surface area contributed by atoms with Crippen LogP contribution in [0, 0.1) is 0 Å². The number of hydrogen-bond acceptors (Lipinski definition) is 2. The van der Waals surface area contributed by atoms with Gasteiger partial charge in [0.1, 0.15) is 0 Å². The van der Waals surface area contributed by atoms with E-state index in [1.165, 1.54) is 24.8 Å². The van der Waals surface area contributed by atoms with Gasteiger partial charge in [0, 0.05) is 18.2 Å². The molecule has 0 aromatic heterocycles. The van der Waals surface area contributed by atoms with Gasteiger partial charge in [0.15, 0.2) is 0 Å². The highest BCUT2D eigenvalue weighted by Crippen LogP contribution is 2.26. The summed E-state index contributed by atoms with van der Waals surface area (Å²) in [5.74, 6) is 0.864. The predicted molar refractivity (Wildman–Crippen MR) is 85.6 cm³/mol. The fourth-order valence-electron chi connectivity index (χ4n) is 3.62. The van der Waals surface area contributed by atoms with Crippen molar-refractivity contribution in [1.29, 1.82) is 0 Å². The minimum Gasteiger partial charge on any atom is -0.336 e. The summed E-state index contributed by atoms with van der Waals surface area (Å²) in [5, 5.41) is 3.40. The van der Waals surface area contributed by atoms with Crippen molar-refractivity contribution < 1.29 is 4.79 Å². The molecule has 1 atom stereocenters. The predicted octanol–water partition coefficient (Wildman–Crippen LogP) is 3.17. The summed E-state index contributed by atoms with van der Waals surface area (Å²) >= 11 is 0. The average Bonchev–Trinajstić information content (AvgIpc) is 2.56. The number of hydrogen-bond donors (Lipinski definition) is 1. The molecule has 3 nitrogen and oxygen atoms in total. The highest BCUT2D eigenvalue weighted by Gasteiger charge is 2.24. The van der Waals surface area contributed by atoms with Gasteiger partial charge in [-0.05, 0) is 75.7 Å². The summed E-state index contributed by atoms with van der Waals surface area (Å²) < 4.78 is 0. The number of benzene rings is 1. The van der Waals surface area contributed by atoms with E-state index in [0.29, 0.717) is 12.0 Å². The molecule has 0 bridgehead atoms. The van der Waals surface area contributed by atoms with E-state index < -0.39 is 0 Å². The van der Waals surface area contributed by atoms with Crippen LogP contribution < -0.4 is 5.32 Å². The molecule has 2 aliphatic heterocycles. The number of nitrogens with one attached hydrogen (secondary N) is 1. The summed E-state index contributed by atoms with van der Waals surface area (Å²) in [6, 6.07) is 8.77. The van der Waals surface area contributed by atoms with E-state index in [-0.39, 0.29) is 5.91 Å². The minimum atomic E-state index is 0.207. The fraction of sp³-hybridized carbons (Fsp3) is 0.611. The zero-order valence-electron chi connectivity index (χ0n) is 13.0. The Hall–Kier alpha value is -1.35. The maximum Gasteiger partial charge on any atom is 0.254 e. The van der Waals surface area contributed by atoms with Crippen LogP contribution >= 0.6 is 0 Å². The molecule has 0 aliphatic carbocycles. The van der Waals surface area contributed by atoms with E-state index >= 15 is 0 Å². The second kappa shape index (κ2) is 6.61. The summed E-state index contributed by atoms with van der Waals surface area (Å²) in [5.41, 5.74) is 2.24. The van der Waals surface area contributed by atoms with Crippen LogP contribution in [-0.2, 0) is 0 Å². The van der Waals surface area contributed by atoms with Crippen molar-refractivity contribution in [3.05, 3.63) is 35.4 Å². The van der Waals surface area contributed by atoms with Crippen molar-refractivity contribution >= 4 is 5.91 Å². The van der Waals surface area contributed by atoms with Gasteiger partial charge in [-0.3, -0.25) is 4.79 Å². The average molecular weight is 286 g/mol. The molecule has 1 unspecified atom stereocenters. The molecule has 2 saturated heterocycles. The third kappa shape index (κ3) is 3.29. The van der Waals surface area contributed by atoms with Crippen LogP contribution in [0.4, 0.5) is 0 Å². The van der Waals surface area contributed by atoms with Crippen molar-refractivity contribution in [2.75, 3.05) is 19.6 Å². The maximum absolute atomic E-state index is 12.6. The molecule has 21 heavy (non-hydrogen) atoms. The van der Waals surface area contributed by atoms with E-state index in [2.05, 4.69) is 24.4 Å². The van der Waals surface area contributed by atoms with Gasteiger partial charge in [-0.25, -0.2) is 0 Å². The van der Waals surface area contributed by atoms with Crippen LogP contribution in [0.1, 0.15) is 60.9 Å². The Morgan fingerprint density at radius 2 is 1.81 bits per heavy atom. The molecular formula is C18H26N2O. The summed E-state index contributed by atoms with van der Waals surface area (Å²) in [7, 11) is 0. The number of piperidine rings is 2. The molecule has 2 fully saturated rings. The van der Waals surface area contributed by atoms with Crippen molar-refractivity contribution in [2.24, 2.45) is 0 Å². The standard InChI is InChI=1S/C18H26N2O/c1-14-4-2-3-13-20(14)18(21)17-7-5-15(6-8-17)16-9-11-19-12-10-16/h5-8,14,16,19H,2-4,9-13H2,1H3. The molecular weight excluding hydrogens is 260 g/mol. The van der Waals surface area contributed by atoms with Crippen LogP contribution in [0.15, 0.2) is 24.3 Å². The summed E-state index contributed by atoms with van der Waals surface area (Å²) in [6.07, 6.45) is 5.94. The Balaban J connectivity index is 1.69. The quantitative estimate of drug-likeness (QED) is 0.905. The van der Waals surface area contributed by atoms with Gasteiger partial charge in [-0.15, -0.1) is 0 Å². The van der Waals surface area contributed by atoms with Gasteiger partial charge in [0.2, 0.25) is 0 Å². The Morgan fingerprint density at radius 1 is 1.10 bits per heavy atom. The molecule has 2 heterocycles. The fourth-order valence-corrected chi connectivity index (χ4v) is 3.62. The smallest absolute Gasteiger partial charge is 0.254 e. The number of nitrogens with zero attached hydrogens (tertiary/aromatic N) is 1. The van der Waals surface area contributed by atoms with E-state index in [1.54, 1.807) is 0 Å². The van der Waals surface area contributed by atoms with Crippen molar-refractivity contribution in [2.45, 2.75) is 51.0 Å². The zero-order chi connectivity index (χ0) is 14.7. The van der Waals surface area contributed by atoms with Crippen molar-refractivity contribution in [3.8, 4) is 0 Å². The molecule has 0 saturated carbocycles. The van der Waals surface area contributed by atoms with Gasteiger partial charge in [-0.2, -0.15) is 0 Å². The minimum absolute atomic E-state index is 0.207. The van der Waals surface area contributed by atoms with Crippen molar-refractivity contribution in [1.82, 2.24) is 10.2 Å². The lowest BCUT2D eigenvalue weighted by molar-refractivity contribution is 0.0635. The normalized spacial score (nSPS) is 24.0. The van der Waals surface area contributed by atoms with E-state index in [4.69, 9.17) is 0 Å². The van der Waals surface area contributed by atoms with Gasteiger partial charge < -0.3 is 10.2 Å². The number of likely N-dealkylation sites (tertiary alicyclic amines) is 1. The molecule has 1 N–H and O–H groups in total. The first-order valence-electron chi connectivity index (χ1n) is 8.37. The largest absolute Gasteiger partial charge is 0.336 e. The van der Waals surface area contributed by atoms with Crippen LogP contribution in [0.5, 0.6) is 0 Å². The van der Waals surface area contributed by atoms with Crippen LogP contribution in [0.25, 0.3) is 0 Å². The number of amides is 1. The molecule has 114 valence electrons. The van der Waals surface area contributed by atoms with Crippen LogP contribution in [-0.4, -0.2) is 36.5 Å². The molecule has 3 rings (SSSR count). The lowest BCUT2D eigenvalue weighted by Gasteiger charge is -2.33. The monoisotopic (exact) mass is 286 g/mol. The molecule has 1 aromatic rings. The SMILES string of the molecule is CC1CCCCN1C(=O)c1ccc(C2CCNCC2)cc1. The molecule has 1 amide bonds. The zero-order valence-corrected chi connectivity index (χ0v) is 13.0. The third-order valence-electron chi connectivity index (χ3n) is 5.03. The first kappa shape index (κ1) is 14.6. The van der Waals surface area contributed by atoms with Crippen LogP contribution in [0.2, 0.25) is 0 Å². The second-order valence-electron chi connectivity index (χ2n) is 6.49. The van der Waals surface area contributed by atoms with Gasteiger partial charge in [-0.1, -0.05) is 12.1 Å². The summed E-state index contributed by atoms with van der Waals surface area (Å²) in [6.45, 7) is 5.30. The van der Waals surface area contributed by atoms with Gasteiger partial charge in [0.25, 0.3) is 5.91 Å². The third-order valence-corrected chi connectivity index (χ3v) is 5.03. The first-order valence-corrected chi connectivity index (χ1v) is 8.37. The van der Waals surface area contributed by atoms with E-state index in [0.717, 1.165) is 38.0 Å². The summed E-state index contributed by atoms with van der Waals surface area (Å²) in [4.78, 5) is 14.7. The highest BCUT2D eigenvalue weighted by atomic mass is 16.2. The van der Waals surface area contributed by atoms with E-state index in [9.17, 15) is 4.79 Å². The number of carbonyl (C=O) groups excluding carboxylic acids is 1. The van der Waals surface area contributed by atoms with Gasteiger partial charge >= 0.3 is 0 Å². The Labute approximate surface area is 127 Å². The lowest BCUT2D eigenvalue weighted by atomic mass is 9.89. The van der Waals surface area contributed by atoms with Crippen LogP contribution in [0.3, 0.4) is 0 Å². The molecule has 0 spiro atoms. The van der Waals surface area contributed by atoms with E-state index in [1.807, 2.05) is 17.0 Å². The molecule has 1 aromatic carbocycles. The van der Waals surface area contributed by atoms with Gasteiger partial charge in [0.05, 0.1) is 0 Å². The van der Waals surface area contributed by atoms with Crippen molar-refractivity contribution in [3.63, 3.8) is 0 Å². The first-order chi connectivity index (χ1) is 10.3. The maximum atomic E-state index is 12.6. The molecule has 0 radical (unpaired) electrons. The Kier molecular flexibility index (Phi) is 4.59.